The molecule has 2 heterocycles. The summed E-state index contributed by atoms with van der Waals surface area (Å²) in [5.41, 5.74) is 10.4. The van der Waals surface area contributed by atoms with E-state index in [1.165, 1.54) is 63.7 Å². The van der Waals surface area contributed by atoms with Gasteiger partial charge in [0.25, 0.3) is 0 Å². The predicted molar refractivity (Wildman–Crippen MR) is 220 cm³/mol. The molecule has 1 radical (unpaired) electrons. The predicted octanol–water partition coefficient (Wildman–Crippen LogP) is 11.2. The van der Waals surface area contributed by atoms with Gasteiger partial charge >= 0.3 is 0 Å². The quantitative estimate of drug-likeness (QED) is 0.0629. The number of carbonyl (C=O) groups is 1. The van der Waals surface area contributed by atoms with Crippen molar-refractivity contribution in [3.63, 3.8) is 0 Å². The summed E-state index contributed by atoms with van der Waals surface area (Å²) in [5, 5.41) is 13.3. The number of fused-ring (bicyclic) bond motifs is 3. The Balaban J connectivity index is 0.000000202. The summed E-state index contributed by atoms with van der Waals surface area (Å²) in [6, 6.07) is 45.7. The van der Waals surface area contributed by atoms with Crippen LogP contribution in [0.2, 0.25) is 0 Å². The zero-order chi connectivity index (χ0) is 38.3. The second-order valence-corrected chi connectivity index (χ2v) is 14.4. The normalized spacial score (nSPS) is 11.1. The Labute approximate surface area is 334 Å². The Kier molecular flexibility index (Phi) is 13.7. The van der Waals surface area contributed by atoms with Crippen LogP contribution < -0.4 is 9.13 Å². The van der Waals surface area contributed by atoms with Crippen LogP contribution in [0.5, 0.6) is 0 Å². The molecule has 0 aliphatic rings. The summed E-state index contributed by atoms with van der Waals surface area (Å²) in [6.45, 7) is 15.8. The number of rotatable bonds is 4. The van der Waals surface area contributed by atoms with E-state index in [0.29, 0.717) is 0 Å². The number of aryl methyl sites for hydroxylation is 1. The summed E-state index contributed by atoms with van der Waals surface area (Å²) in [4.78, 5) is 10.0. The number of aromatic nitrogens is 2. The fraction of sp³-hybridized carbons (Fsp3) is 0.143. The maximum absolute atomic E-state index is 10.0. The number of pyridine rings is 2. The Morgan fingerprint density at radius 3 is 2.02 bits per heavy atom. The Morgan fingerprint density at radius 1 is 0.722 bits per heavy atom. The maximum Gasteiger partial charge on any atom is 0.155 e. The van der Waals surface area contributed by atoms with E-state index in [2.05, 4.69) is 176 Å². The molecule has 0 saturated heterocycles. The number of ketones is 1. The standard InChI is InChI=1S/C23H24N.C21H16N.C5H8O2.Ir/c1-17-11-12-19(18-9-7-6-8-10-18)15-21(17)22-14-13-20(16-24(22)5)23(2,3)4;1-15-6-5-8-17(12-15)21-13-20-18(14-22(21)2)11-10-16-7-3-4-9-19(16)20;1-4(6)3-5(2)7;/h6-16H,1,5H2,2-4H3;3-7,9-14H,2H2,1H3;3,6H,1-2H3;/q2*-1;;/b;;4-3-;. The van der Waals surface area contributed by atoms with Crippen molar-refractivity contribution < 1.29 is 39.1 Å². The van der Waals surface area contributed by atoms with Crippen LogP contribution in [0.15, 0.2) is 146 Å². The molecule has 0 fully saturated rings. The van der Waals surface area contributed by atoms with Crippen LogP contribution >= 0.6 is 0 Å². The number of benzene rings is 5. The first-order valence-electron chi connectivity index (χ1n) is 17.6. The fourth-order valence-corrected chi connectivity index (χ4v) is 6.16. The van der Waals surface area contributed by atoms with Crippen LogP contribution in [-0.4, -0.2) is 10.9 Å². The van der Waals surface area contributed by atoms with E-state index in [-0.39, 0.29) is 37.1 Å². The molecule has 2 aromatic heterocycles. The van der Waals surface area contributed by atoms with Gasteiger partial charge in [-0.15, -0.1) is 47.5 Å². The minimum absolute atomic E-state index is 0. The van der Waals surface area contributed by atoms with Crippen molar-refractivity contribution in [2.45, 2.75) is 47.0 Å². The minimum Gasteiger partial charge on any atom is -0.512 e. The molecular weight excluding hydrogens is 841 g/mol. The van der Waals surface area contributed by atoms with E-state index in [1.807, 2.05) is 21.3 Å². The van der Waals surface area contributed by atoms with E-state index in [9.17, 15) is 4.79 Å². The molecule has 277 valence electrons. The maximum atomic E-state index is 10.0. The van der Waals surface area contributed by atoms with Crippen LogP contribution in [0.25, 0.3) is 55.2 Å². The first kappa shape index (κ1) is 41.1. The molecule has 7 aromatic rings. The molecule has 0 unspecified atom stereocenters. The molecule has 0 spiro atoms. The number of hydrogen-bond donors (Lipinski definition) is 1. The van der Waals surface area contributed by atoms with E-state index >= 15 is 0 Å². The van der Waals surface area contributed by atoms with Crippen molar-refractivity contribution in [2.24, 2.45) is 0 Å². The Hall–Kier alpha value is -5.61. The summed E-state index contributed by atoms with van der Waals surface area (Å²) < 4.78 is 3.89. The van der Waals surface area contributed by atoms with Crippen molar-refractivity contribution in [3.05, 3.63) is 189 Å². The summed E-state index contributed by atoms with van der Waals surface area (Å²) >= 11 is 0. The molecule has 5 aromatic carbocycles. The molecule has 54 heavy (non-hydrogen) atoms. The van der Waals surface area contributed by atoms with Gasteiger partial charge in [-0.1, -0.05) is 112 Å². The summed E-state index contributed by atoms with van der Waals surface area (Å²) in [5.74, 6) is -0.0625. The zero-order valence-electron chi connectivity index (χ0n) is 32.0. The van der Waals surface area contributed by atoms with Gasteiger partial charge in [-0.3, -0.25) is 4.79 Å². The van der Waals surface area contributed by atoms with Crippen LogP contribution in [-0.2, 0) is 30.3 Å². The molecular formula is C49H48IrN2O2-2. The summed E-state index contributed by atoms with van der Waals surface area (Å²) in [6.07, 6.45) is 5.37. The molecule has 0 amide bonds. The van der Waals surface area contributed by atoms with Gasteiger partial charge in [0.15, 0.2) is 5.78 Å². The molecule has 0 saturated carbocycles. The molecule has 7 rings (SSSR count). The van der Waals surface area contributed by atoms with E-state index in [1.54, 1.807) is 0 Å². The van der Waals surface area contributed by atoms with Crippen molar-refractivity contribution >= 4 is 27.3 Å². The number of aliphatic hydroxyl groups excluding tert-OH is 1. The van der Waals surface area contributed by atoms with Gasteiger partial charge in [0, 0.05) is 40.3 Å². The first-order chi connectivity index (χ1) is 25.2. The summed E-state index contributed by atoms with van der Waals surface area (Å²) in [7, 11) is 8.36. The third-order valence-electron chi connectivity index (χ3n) is 8.92. The van der Waals surface area contributed by atoms with Crippen LogP contribution in [0.4, 0.5) is 0 Å². The molecule has 0 aliphatic heterocycles. The number of aliphatic hydroxyl groups is 1. The second kappa shape index (κ2) is 17.9. The fourth-order valence-electron chi connectivity index (χ4n) is 6.16. The van der Waals surface area contributed by atoms with E-state index < -0.39 is 0 Å². The van der Waals surface area contributed by atoms with Crippen LogP contribution in [0, 0.1) is 34.0 Å². The zero-order valence-corrected chi connectivity index (χ0v) is 34.4. The third kappa shape index (κ3) is 10.3. The average molecular weight is 889 g/mol. The minimum atomic E-state index is -0.125. The van der Waals surface area contributed by atoms with Crippen LogP contribution in [0.1, 0.15) is 51.3 Å². The van der Waals surface area contributed by atoms with Gasteiger partial charge in [-0.2, -0.15) is 18.6 Å². The van der Waals surface area contributed by atoms with E-state index in [4.69, 9.17) is 5.11 Å². The topological polar surface area (TPSA) is 45.1 Å². The molecule has 1 N–H and O–H groups in total. The third-order valence-corrected chi connectivity index (χ3v) is 8.92. The van der Waals surface area contributed by atoms with Gasteiger partial charge in [0.05, 0.1) is 23.8 Å². The monoisotopic (exact) mass is 889 g/mol. The van der Waals surface area contributed by atoms with Crippen LogP contribution in [0.3, 0.4) is 0 Å². The Morgan fingerprint density at radius 2 is 1.39 bits per heavy atom. The molecule has 0 aliphatic carbocycles. The number of allylic oxidation sites excluding steroid dienone is 2. The smallest absolute Gasteiger partial charge is 0.155 e. The van der Waals surface area contributed by atoms with Crippen molar-refractivity contribution in [1.29, 1.82) is 0 Å². The number of hydrogen-bond acceptors (Lipinski definition) is 2. The first-order valence-corrected chi connectivity index (χ1v) is 17.6. The van der Waals surface area contributed by atoms with Gasteiger partial charge in [-0.25, -0.2) is 0 Å². The second-order valence-electron chi connectivity index (χ2n) is 14.4. The van der Waals surface area contributed by atoms with Gasteiger partial charge in [-0.05, 0) is 63.6 Å². The van der Waals surface area contributed by atoms with E-state index in [0.717, 1.165) is 28.1 Å². The van der Waals surface area contributed by atoms with Crippen molar-refractivity contribution in [2.75, 3.05) is 0 Å². The Bertz CT molecular complexity index is 2420. The van der Waals surface area contributed by atoms with Crippen molar-refractivity contribution in [1.82, 2.24) is 0 Å². The molecule has 5 heteroatoms. The number of nitrogens with zero attached hydrogens (tertiary/aromatic N) is 2. The number of carbonyl (C=O) groups excluding carboxylic acids is 1. The SMILES string of the molecule is CC(=O)/C=C(/C)O.[CH2-][n+]1cc2ccc3ccccc3c2cc1-c1[c-]ccc(C)c1.[CH2-]c1ccc(-c2ccccc2)cc1-c1ccc(C(C)(C)C)c[n+]1[CH2-].[Ir]. The van der Waals surface area contributed by atoms with Gasteiger partial charge in [0.1, 0.15) is 5.69 Å². The van der Waals surface area contributed by atoms with Crippen molar-refractivity contribution in [3.8, 4) is 33.6 Å². The molecule has 4 nitrogen and oxygen atoms in total. The average Bonchev–Trinajstić information content (AvgIpc) is 3.11. The molecule has 0 bridgehead atoms. The van der Waals surface area contributed by atoms with Gasteiger partial charge in [0.2, 0.25) is 0 Å². The molecule has 0 atom stereocenters. The largest absolute Gasteiger partial charge is 0.512 e. The van der Waals surface area contributed by atoms with Gasteiger partial charge < -0.3 is 14.2 Å².